The zero-order chi connectivity index (χ0) is 11.2. The summed E-state index contributed by atoms with van der Waals surface area (Å²) in [6.07, 6.45) is 2.43. The lowest BCUT2D eigenvalue weighted by Crippen LogP contribution is -2.30. The van der Waals surface area contributed by atoms with Crippen LogP contribution in [-0.4, -0.2) is 45.0 Å². The first-order valence-electron chi connectivity index (χ1n) is 5.25. The molecule has 0 aliphatic carbocycles. The quantitative estimate of drug-likeness (QED) is 0.652. The van der Waals surface area contributed by atoms with Crippen molar-refractivity contribution in [1.82, 2.24) is 4.90 Å². The van der Waals surface area contributed by atoms with Crippen molar-refractivity contribution in [3.8, 4) is 0 Å². The molecule has 0 bridgehead atoms. The topological polar surface area (TPSA) is 37.4 Å². The highest BCUT2D eigenvalue weighted by Crippen LogP contribution is 2.02. The molecule has 4 heteroatoms. The Balaban J connectivity index is 3.80. The van der Waals surface area contributed by atoms with Crippen LogP contribution in [-0.2, 0) is 9.84 Å². The molecule has 0 unspecified atom stereocenters. The predicted octanol–water partition coefficient (Wildman–Crippen LogP) is 1.40. The van der Waals surface area contributed by atoms with Crippen molar-refractivity contribution in [2.24, 2.45) is 5.92 Å². The van der Waals surface area contributed by atoms with Crippen LogP contribution in [0, 0.1) is 5.92 Å². The molecule has 0 aliphatic heterocycles. The van der Waals surface area contributed by atoms with E-state index in [4.69, 9.17) is 0 Å². The second-order valence-corrected chi connectivity index (χ2v) is 6.51. The third-order valence-electron chi connectivity index (χ3n) is 2.25. The summed E-state index contributed by atoms with van der Waals surface area (Å²) >= 11 is 0. The van der Waals surface area contributed by atoms with E-state index >= 15 is 0 Å². The first-order chi connectivity index (χ1) is 6.35. The van der Waals surface area contributed by atoms with Crippen LogP contribution in [0.4, 0.5) is 0 Å². The molecule has 0 aromatic heterocycles. The van der Waals surface area contributed by atoms with Gasteiger partial charge in [-0.2, -0.15) is 0 Å². The van der Waals surface area contributed by atoms with E-state index in [0.29, 0.717) is 12.5 Å². The van der Waals surface area contributed by atoms with Gasteiger partial charge in [0.2, 0.25) is 0 Å². The van der Waals surface area contributed by atoms with E-state index < -0.39 is 9.84 Å². The monoisotopic (exact) mass is 221 g/mol. The third-order valence-corrected chi connectivity index (χ3v) is 3.17. The Kier molecular flexibility index (Phi) is 6.36. The van der Waals surface area contributed by atoms with Gasteiger partial charge in [-0.05, 0) is 25.4 Å². The largest absolute Gasteiger partial charge is 0.303 e. The zero-order valence-electron chi connectivity index (χ0n) is 9.78. The van der Waals surface area contributed by atoms with E-state index in [1.165, 1.54) is 6.26 Å². The molecule has 0 N–H and O–H groups in total. The molecule has 0 amide bonds. The molecule has 0 rings (SSSR count). The van der Waals surface area contributed by atoms with Crippen LogP contribution < -0.4 is 0 Å². The summed E-state index contributed by atoms with van der Waals surface area (Å²) < 4.78 is 21.9. The lowest BCUT2D eigenvalue weighted by Gasteiger charge is -2.20. The lowest BCUT2D eigenvalue weighted by molar-refractivity contribution is 0.285. The zero-order valence-corrected chi connectivity index (χ0v) is 10.6. The molecule has 0 saturated heterocycles. The summed E-state index contributed by atoms with van der Waals surface area (Å²) in [6.45, 7) is 9.05. The Morgan fingerprint density at radius 1 is 1.21 bits per heavy atom. The first kappa shape index (κ1) is 13.9. The number of nitrogens with zero attached hydrogens (tertiary/aromatic N) is 1. The average molecular weight is 221 g/mol. The van der Waals surface area contributed by atoms with Gasteiger partial charge in [-0.1, -0.05) is 20.8 Å². The summed E-state index contributed by atoms with van der Waals surface area (Å²) in [5, 5.41) is 0. The van der Waals surface area contributed by atoms with Gasteiger partial charge in [-0.25, -0.2) is 8.42 Å². The summed E-state index contributed by atoms with van der Waals surface area (Å²) in [5.74, 6) is 0.959. The molecule has 86 valence electrons. The maximum absolute atomic E-state index is 11.0. The molecule has 0 aromatic carbocycles. The minimum absolute atomic E-state index is 0.277. The second kappa shape index (κ2) is 6.40. The summed E-state index contributed by atoms with van der Waals surface area (Å²) in [7, 11) is -2.81. The van der Waals surface area contributed by atoms with Crippen molar-refractivity contribution in [2.75, 3.05) is 31.6 Å². The summed E-state index contributed by atoms with van der Waals surface area (Å²) in [6, 6.07) is 0. The smallest absolute Gasteiger partial charge is 0.148 e. The minimum atomic E-state index is -2.81. The maximum Gasteiger partial charge on any atom is 0.148 e. The molecule has 0 spiro atoms. The SMILES string of the molecule is CCN(CCC(C)C)CCS(C)(=O)=O. The predicted molar refractivity (Wildman–Crippen MR) is 61.3 cm³/mol. The van der Waals surface area contributed by atoms with E-state index in [1.807, 2.05) is 0 Å². The molecule has 0 heterocycles. The van der Waals surface area contributed by atoms with Gasteiger partial charge in [0.15, 0.2) is 0 Å². The van der Waals surface area contributed by atoms with E-state index in [-0.39, 0.29) is 5.75 Å². The third kappa shape index (κ3) is 8.51. The van der Waals surface area contributed by atoms with Gasteiger partial charge in [-0.15, -0.1) is 0 Å². The van der Waals surface area contributed by atoms with Crippen LogP contribution in [0.25, 0.3) is 0 Å². The molecule has 0 fully saturated rings. The molecule has 0 saturated carbocycles. The van der Waals surface area contributed by atoms with E-state index in [1.54, 1.807) is 0 Å². The number of rotatable bonds is 7. The van der Waals surface area contributed by atoms with Gasteiger partial charge in [0.05, 0.1) is 5.75 Å². The Hall–Kier alpha value is -0.0900. The average Bonchev–Trinajstić information content (AvgIpc) is 2.02. The first-order valence-corrected chi connectivity index (χ1v) is 7.31. The van der Waals surface area contributed by atoms with E-state index in [2.05, 4.69) is 25.7 Å². The van der Waals surface area contributed by atoms with Crippen LogP contribution in [0.3, 0.4) is 0 Å². The highest BCUT2D eigenvalue weighted by molar-refractivity contribution is 7.90. The van der Waals surface area contributed by atoms with Crippen molar-refractivity contribution >= 4 is 9.84 Å². The fourth-order valence-corrected chi connectivity index (χ4v) is 1.75. The highest BCUT2D eigenvalue weighted by atomic mass is 32.2. The molecular formula is C10H23NO2S. The Morgan fingerprint density at radius 2 is 1.79 bits per heavy atom. The molecule has 3 nitrogen and oxygen atoms in total. The minimum Gasteiger partial charge on any atom is -0.303 e. The van der Waals surface area contributed by atoms with Crippen LogP contribution in [0.15, 0.2) is 0 Å². The van der Waals surface area contributed by atoms with E-state index in [0.717, 1.165) is 19.5 Å². The van der Waals surface area contributed by atoms with Gasteiger partial charge in [0.25, 0.3) is 0 Å². The Bertz CT molecular complexity index is 235. The molecule has 0 atom stereocenters. The Morgan fingerprint density at radius 3 is 2.14 bits per heavy atom. The van der Waals surface area contributed by atoms with Crippen LogP contribution in [0.2, 0.25) is 0 Å². The molecule has 0 radical (unpaired) electrons. The van der Waals surface area contributed by atoms with Crippen LogP contribution in [0.1, 0.15) is 27.2 Å². The maximum atomic E-state index is 11.0. The fraction of sp³-hybridized carbons (Fsp3) is 1.00. The van der Waals surface area contributed by atoms with Crippen molar-refractivity contribution in [1.29, 1.82) is 0 Å². The van der Waals surface area contributed by atoms with Crippen molar-refractivity contribution in [3.63, 3.8) is 0 Å². The Labute approximate surface area is 88.4 Å². The normalized spacial score (nSPS) is 12.7. The molecule has 0 aliphatic rings. The van der Waals surface area contributed by atoms with Gasteiger partial charge < -0.3 is 4.90 Å². The van der Waals surface area contributed by atoms with E-state index in [9.17, 15) is 8.42 Å². The van der Waals surface area contributed by atoms with Gasteiger partial charge in [0.1, 0.15) is 9.84 Å². The van der Waals surface area contributed by atoms with Crippen molar-refractivity contribution < 1.29 is 8.42 Å². The summed E-state index contributed by atoms with van der Waals surface area (Å²) in [4.78, 5) is 2.20. The van der Waals surface area contributed by atoms with Crippen LogP contribution >= 0.6 is 0 Å². The summed E-state index contributed by atoms with van der Waals surface area (Å²) in [5.41, 5.74) is 0. The standard InChI is InChI=1S/C10H23NO2S/c1-5-11(7-6-10(2)3)8-9-14(4,12)13/h10H,5-9H2,1-4H3. The fourth-order valence-electron chi connectivity index (χ4n) is 1.16. The second-order valence-electron chi connectivity index (χ2n) is 4.25. The molecule has 14 heavy (non-hydrogen) atoms. The van der Waals surface area contributed by atoms with Gasteiger partial charge in [-0.3, -0.25) is 0 Å². The molecular weight excluding hydrogens is 198 g/mol. The highest BCUT2D eigenvalue weighted by Gasteiger charge is 2.07. The number of hydrogen-bond donors (Lipinski definition) is 0. The van der Waals surface area contributed by atoms with Gasteiger partial charge in [0, 0.05) is 12.8 Å². The molecule has 0 aromatic rings. The van der Waals surface area contributed by atoms with Crippen molar-refractivity contribution in [3.05, 3.63) is 0 Å². The van der Waals surface area contributed by atoms with Gasteiger partial charge >= 0.3 is 0 Å². The number of hydrogen-bond acceptors (Lipinski definition) is 3. The lowest BCUT2D eigenvalue weighted by atomic mass is 10.1. The number of sulfone groups is 1. The van der Waals surface area contributed by atoms with Crippen LogP contribution in [0.5, 0.6) is 0 Å². The van der Waals surface area contributed by atoms with Crippen molar-refractivity contribution in [2.45, 2.75) is 27.2 Å².